The van der Waals surface area contributed by atoms with Gasteiger partial charge in [0.2, 0.25) is 0 Å². The number of aryl methyl sites for hydroxylation is 1. The van der Waals surface area contributed by atoms with Crippen LogP contribution in [0.2, 0.25) is 0 Å². The lowest BCUT2D eigenvalue weighted by Crippen LogP contribution is -2.59. The van der Waals surface area contributed by atoms with Crippen LogP contribution in [-0.2, 0) is 4.74 Å². The van der Waals surface area contributed by atoms with Crippen LogP contribution >= 0.6 is 11.3 Å². The zero-order chi connectivity index (χ0) is 34.8. The summed E-state index contributed by atoms with van der Waals surface area (Å²) in [6.45, 7) is 7.11. The van der Waals surface area contributed by atoms with Crippen LogP contribution in [0.5, 0.6) is 0 Å². The lowest BCUT2D eigenvalue weighted by Gasteiger charge is -2.53. The molecule has 3 aromatic rings. The van der Waals surface area contributed by atoms with Gasteiger partial charge < -0.3 is 30.6 Å². The van der Waals surface area contributed by atoms with Crippen molar-refractivity contribution in [1.29, 1.82) is 5.41 Å². The zero-order valence-corrected chi connectivity index (χ0v) is 29.1. The van der Waals surface area contributed by atoms with E-state index < -0.39 is 6.04 Å². The predicted molar refractivity (Wildman–Crippen MR) is 196 cm³/mol. The van der Waals surface area contributed by atoms with E-state index >= 15 is 0 Å². The highest BCUT2D eigenvalue weighted by atomic mass is 32.1. The molecular weight excluding hydrogens is 651 g/mol. The van der Waals surface area contributed by atoms with E-state index in [1.54, 1.807) is 59.8 Å². The fraction of sp³-hybridized carbons (Fsp3) is 0.368. The first kappa shape index (κ1) is 33.6. The van der Waals surface area contributed by atoms with Gasteiger partial charge in [0.25, 0.3) is 17.7 Å². The summed E-state index contributed by atoms with van der Waals surface area (Å²) in [5.41, 5.74) is 3.84. The van der Waals surface area contributed by atoms with Gasteiger partial charge in [0.15, 0.2) is 0 Å². The van der Waals surface area contributed by atoms with Crippen LogP contribution in [0.25, 0.3) is 0 Å². The van der Waals surface area contributed by atoms with E-state index in [1.165, 1.54) is 11.3 Å². The van der Waals surface area contributed by atoms with Crippen molar-refractivity contribution in [3.8, 4) is 0 Å². The SMILES string of the molecule is Cc1cnc(N2CC3(CCOCC3)C2)c(C(=O)Nc2ccc(C(=O)N3C=C(/C=C\C=N)N=C(c4ccc(C(=O)NC5CCC5)s4)[C@H]3C)cc2)c1. The first-order chi connectivity index (χ1) is 24.2. The Bertz CT molecular complexity index is 1900. The Kier molecular flexibility index (Phi) is 9.48. The number of hydrogen-bond acceptors (Lipinski definition) is 9. The molecule has 0 radical (unpaired) electrons. The van der Waals surface area contributed by atoms with Gasteiger partial charge >= 0.3 is 0 Å². The molecule has 7 rings (SSSR count). The standard InChI is InChI=1S/C38H41N7O4S/c1-24-19-30(34(40-20-24)44-22-38(23-44)14-17-49-18-15-38)35(46)42-28-10-8-26(9-11-28)37(48)45-21-29(7-4-16-39)41-33(25(45)2)31-12-13-32(50-31)36(47)43-27-5-3-6-27/h4,7-13,16,19-21,25,27,39H,3,5-6,14-15,17-18,22-23H2,1-2H3,(H,42,46)(H,43,47)/b7-4-,39-16?/t25-/m1/s1. The Labute approximate surface area is 295 Å². The van der Waals surface area contributed by atoms with Gasteiger partial charge in [-0.05, 0) is 106 Å². The molecule has 1 aromatic carbocycles. The summed E-state index contributed by atoms with van der Waals surface area (Å²) in [5, 5.41) is 13.5. The minimum Gasteiger partial charge on any atom is -0.381 e. The molecule has 11 nitrogen and oxygen atoms in total. The highest BCUT2D eigenvalue weighted by Crippen LogP contribution is 2.42. The molecule has 5 heterocycles. The number of amides is 3. The lowest BCUT2D eigenvalue weighted by atomic mass is 9.73. The van der Waals surface area contributed by atoms with Gasteiger partial charge in [-0.3, -0.25) is 14.4 Å². The molecule has 1 saturated carbocycles. The first-order valence-electron chi connectivity index (χ1n) is 17.1. The number of aliphatic imine (C=N–C) groups is 1. The van der Waals surface area contributed by atoms with Gasteiger partial charge in [0, 0.05) is 67.6 Å². The van der Waals surface area contributed by atoms with Gasteiger partial charge in [0.05, 0.1) is 32.8 Å². The maximum atomic E-state index is 13.9. The van der Waals surface area contributed by atoms with Crippen LogP contribution in [-0.4, -0.2) is 77.9 Å². The molecule has 2 aromatic heterocycles. The van der Waals surface area contributed by atoms with Crippen molar-refractivity contribution in [1.82, 2.24) is 15.2 Å². The third-order valence-electron chi connectivity index (χ3n) is 10.00. The number of anilines is 2. The second kappa shape index (κ2) is 14.1. The van der Waals surface area contributed by atoms with Crippen molar-refractivity contribution in [2.45, 2.75) is 58.0 Å². The number of hydrogen-bond donors (Lipinski definition) is 3. The molecule has 1 atom stereocenters. The molecule has 2 saturated heterocycles. The number of allylic oxidation sites excluding steroid dienone is 2. The monoisotopic (exact) mass is 691 g/mol. The summed E-state index contributed by atoms with van der Waals surface area (Å²) in [7, 11) is 0. The fourth-order valence-electron chi connectivity index (χ4n) is 6.84. The number of benzene rings is 1. The fourth-order valence-corrected chi connectivity index (χ4v) is 7.82. The molecule has 258 valence electrons. The highest BCUT2D eigenvalue weighted by Gasteiger charge is 2.45. The van der Waals surface area contributed by atoms with Crippen LogP contribution in [0.4, 0.5) is 11.5 Å². The van der Waals surface area contributed by atoms with Crippen LogP contribution in [0.15, 0.2) is 77.7 Å². The number of thiophene rings is 1. The third-order valence-corrected chi connectivity index (χ3v) is 11.1. The average Bonchev–Trinajstić information content (AvgIpc) is 3.59. The van der Waals surface area contributed by atoms with E-state index in [-0.39, 0.29) is 29.2 Å². The number of carbonyl (C=O) groups is 3. The molecule has 3 aliphatic heterocycles. The van der Waals surface area contributed by atoms with Crippen molar-refractivity contribution in [3.05, 3.63) is 99.2 Å². The van der Waals surface area contributed by atoms with Crippen molar-refractivity contribution >= 4 is 52.5 Å². The number of nitrogens with zero attached hydrogens (tertiary/aromatic N) is 4. The summed E-state index contributed by atoms with van der Waals surface area (Å²) in [4.78, 5) is 55.0. The van der Waals surface area contributed by atoms with E-state index in [0.717, 1.165) is 75.1 Å². The van der Waals surface area contributed by atoms with Crippen LogP contribution in [0.1, 0.15) is 79.9 Å². The third kappa shape index (κ3) is 6.90. The Balaban J connectivity index is 1.05. The van der Waals surface area contributed by atoms with Gasteiger partial charge in [-0.25, -0.2) is 9.98 Å². The maximum Gasteiger partial charge on any atom is 0.261 e. The van der Waals surface area contributed by atoms with Gasteiger partial charge in [-0.1, -0.05) is 0 Å². The van der Waals surface area contributed by atoms with Crippen LogP contribution < -0.4 is 15.5 Å². The molecule has 1 aliphatic carbocycles. The second-order valence-electron chi connectivity index (χ2n) is 13.6. The average molecular weight is 692 g/mol. The van der Waals surface area contributed by atoms with Crippen LogP contribution in [0, 0.1) is 17.7 Å². The Hall–Kier alpha value is -4.94. The molecule has 3 N–H and O–H groups in total. The highest BCUT2D eigenvalue weighted by molar-refractivity contribution is 7.16. The Morgan fingerprint density at radius 3 is 2.52 bits per heavy atom. The molecule has 0 bridgehead atoms. The smallest absolute Gasteiger partial charge is 0.261 e. The Morgan fingerprint density at radius 1 is 1.06 bits per heavy atom. The Morgan fingerprint density at radius 2 is 1.82 bits per heavy atom. The van der Waals surface area contributed by atoms with Crippen LogP contribution in [0.3, 0.4) is 0 Å². The molecule has 1 spiro atoms. The largest absolute Gasteiger partial charge is 0.381 e. The number of pyridine rings is 1. The van der Waals surface area contributed by atoms with E-state index in [9.17, 15) is 14.4 Å². The van der Waals surface area contributed by atoms with Crippen molar-refractivity contribution in [3.63, 3.8) is 0 Å². The summed E-state index contributed by atoms with van der Waals surface area (Å²) < 4.78 is 5.56. The minimum atomic E-state index is -0.422. The van der Waals surface area contributed by atoms with Gasteiger partial charge in [0.1, 0.15) is 5.82 Å². The number of rotatable bonds is 9. The van der Waals surface area contributed by atoms with E-state index in [4.69, 9.17) is 15.1 Å². The summed E-state index contributed by atoms with van der Waals surface area (Å²) in [5.74, 6) is 0.0995. The number of carbonyl (C=O) groups excluding carboxylic acids is 3. The number of ether oxygens (including phenoxy) is 1. The first-order valence-corrected chi connectivity index (χ1v) is 18.0. The quantitative estimate of drug-likeness (QED) is 0.236. The number of nitrogens with one attached hydrogen (secondary N) is 3. The van der Waals surface area contributed by atoms with E-state index in [1.807, 2.05) is 26.0 Å². The topological polar surface area (TPSA) is 140 Å². The predicted octanol–water partition coefficient (Wildman–Crippen LogP) is 5.98. The molecular formula is C38H41N7O4S. The summed E-state index contributed by atoms with van der Waals surface area (Å²) in [6.07, 6.45) is 13.1. The molecule has 3 amide bonds. The van der Waals surface area contributed by atoms with Gasteiger partial charge in [-0.15, -0.1) is 11.3 Å². The van der Waals surface area contributed by atoms with E-state index in [0.29, 0.717) is 38.9 Å². The second-order valence-corrected chi connectivity index (χ2v) is 14.7. The molecule has 3 fully saturated rings. The molecule has 4 aliphatic rings. The van der Waals surface area contributed by atoms with Gasteiger partial charge in [-0.2, -0.15) is 0 Å². The molecule has 12 heteroatoms. The minimum absolute atomic E-state index is 0.0894. The van der Waals surface area contributed by atoms with Crippen molar-refractivity contribution in [2.75, 3.05) is 36.5 Å². The zero-order valence-electron chi connectivity index (χ0n) is 28.3. The van der Waals surface area contributed by atoms with Crippen molar-refractivity contribution < 1.29 is 19.1 Å². The number of aromatic nitrogens is 1. The molecule has 0 unspecified atom stereocenters. The normalized spacial score (nSPS) is 20.1. The lowest BCUT2D eigenvalue weighted by molar-refractivity contribution is -0.000511. The summed E-state index contributed by atoms with van der Waals surface area (Å²) >= 11 is 1.35. The summed E-state index contributed by atoms with van der Waals surface area (Å²) in [6, 6.07) is 12.2. The van der Waals surface area contributed by atoms with E-state index in [2.05, 4.69) is 20.5 Å². The molecule has 50 heavy (non-hydrogen) atoms. The maximum absolute atomic E-state index is 13.9. The van der Waals surface area contributed by atoms with Crippen molar-refractivity contribution in [2.24, 2.45) is 10.4 Å².